The van der Waals surface area contributed by atoms with Crippen LogP contribution in [0.1, 0.15) is 44.9 Å². The van der Waals surface area contributed by atoms with E-state index in [1.54, 1.807) is 10.7 Å². The third-order valence-electron chi connectivity index (χ3n) is 5.00. The fourth-order valence-electron chi connectivity index (χ4n) is 3.38. The predicted molar refractivity (Wildman–Crippen MR) is 107 cm³/mol. The summed E-state index contributed by atoms with van der Waals surface area (Å²) in [5.41, 5.74) is 1.93. The Kier molecular flexibility index (Phi) is 5.60. The largest absolute Gasteiger partial charge is 0.347 e. The molecule has 0 N–H and O–H groups in total. The Labute approximate surface area is 161 Å². The summed E-state index contributed by atoms with van der Waals surface area (Å²) in [6.45, 7) is 8.79. The van der Waals surface area contributed by atoms with Gasteiger partial charge in [0.25, 0.3) is 5.56 Å². The SMILES string of the molecule is CN(C)c1ncc(CN2CCCC2Cn2nc(C(C)(C)C)ccc2=O)cn1. The summed E-state index contributed by atoms with van der Waals surface area (Å²) in [4.78, 5) is 25.4. The molecule has 2 aromatic rings. The molecule has 3 rings (SSSR count). The van der Waals surface area contributed by atoms with Crippen LogP contribution in [0.3, 0.4) is 0 Å². The molecule has 1 unspecified atom stereocenters. The van der Waals surface area contributed by atoms with Crippen LogP contribution < -0.4 is 10.5 Å². The molecule has 0 radical (unpaired) electrons. The van der Waals surface area contributed by atoms with Crippen LogP contribution in [0.5, 0.6) is 0 Å². The van der Waals surface area contributed by atoms with Crippen LogP contribution in [0.25, 0.3) is 0 Å². The van der Waals surface area contributed by atoms with Gasteiger partial charge in [0.2, 0.25) is 5.95 Å². The van der Waals surface area contributed by atoms with Gasteiger partial charge in [-0.1, -0.05) is 20.8 Å². The second-order valence-electron chi connectivity index (χ2n) is 8.54. The maximum Gasteiger partial charge on any atom is 0.266 e. The van der Waals surface area contributed by atoms with E-state index in [1.807, 2.05) is 37.5 Å². The van der Waals surface area contributed by atoms with E-state index in [-0.39, 0.29) is 11.0 Å². The van der Waals surface area contributed by atoms with Gasteiger partial charge in [0.1, 0.15) is 0 Å². The summed E-state index contributed by atoms with van der Waals surface area (Å²) in [6.07, 6.45) is 5.99. The van der Waals surface area contributed by atoms with Crippen LogP contribution >= 0.6 is 0 Å². The molecule has 0 aliphatic carbocycles. The Hall–Kier alpha value is -2.28. The molecule has 0 spiro atoms. The second kappa shape index (κ2) is 7.76. The van der Waals surface area contributed by atoms with Crippen molar-refractivity contribution >= 4 is 5.95 Å². The summed E-state index contributed by atoms with van der Waals surface area (Å²) >= 11 is 0. The zero-order chi connectivity index (χ0) is 19.6. The molecule has 1 aliphatic heterocycles. The van der Waals surface area contributed by atoms with E-state index >= 15 is 0 Å². The third-order valence-corrected chi connectivity index (χ3v) is 5.00. The number of hydrogen-bond donors (Lipinski definition) is 0. The lowest BCUT2D eigenvalue weighted by Gasteiger charge is -2.25. The number of nitrogens with zero attached hydrogens (tertiary/aromatic N) is 6. The summed E-state index contributed by atoms with van der Waals surface area (Å²) < 4.78 is 1.63. The molecule has 2 aromatic heterocycles. The molecule has 146 valence electrons. The first-order chi connectivity index (χ1) is 12.7. The minimum Gasteiger partial charge on any atom is -0.347 e. The van der Waals surface area contributed by atoms with Crippen molar-refractivity contribution in [3.63, 3.8) is 0 Å². The van der Waals surface area contributed by atoms with Crippen molar-refractivity contribution < 1.29 is 0 Å². The van der Waals surface area contributed by atoms with Crippen molar-refractivity contribution in [2.45, 2.75) is 58.2 Å². The molecule has 0 amide bonds. The fraction of sp³-hybridized carbons (Fsp3) is 0.600. The standard InChI is InChI=1S/C20H30N6O/c1-20(2,3)17-8-9-18(27)26(23-17)14-16-7-6-10-25(16)13-15-11-21-19(22-12-15)24(4)5/h8-9,11-12,16H,6-7,10,13-14H2,1-5H3. The van der Waals surface area contributed by atoms with Gasteiger partial charge in [0.05, 0.1) is 12.2 Å². The van der Waals surface area contributed by atoms with Crippen LogP contribution in [0.15, 0.2) is 29.3 Å². The van der Waals surface area contributed by atoms with Gasteiger partial charge in [-0.05, 0) is 25.5 Å². The van der Waals surface area contributed by atoms with E-state index in [2.05, 4.69) is 40.7 Å². The van der Waals surface area contributed by atoms with Crippen LogP contribution in [-0.2, 0) is 18.5 Å². The molecule has 1 saturated heterocycles. The quantitative estimate of drug-likeness (QED) is 0.803. The Bertz CT molecular complexity index is 822. The van der Waals surface area contributed by atoms with E-state index in [0.29, 0.717) is 18.5 Å². The van der Waals surface area contributed by atoms with E-state index in [9.17, 15) is 4.79 Å². The van der Waals surface area contributed by atoms with Crippen molar-refractivity contribution in [1.29, 1.82) is 0 Å². The minimum absolute atomic E-state index is 0.0338. The zero-order valence-corrected chi connectivity index (χ0v) is 17.0. The van der Waals surface area contributed by atoms with Crippen LogP contribution in [0.4, 0.5) is 5.95 Å². The Morgan fingerprint density at radius 2 is 1.89 bits per heavy atom. The van der Waals surface area contributed by atoms with Gasteiger partial charge < -0.3 is 4.90 Å². The van der Waals surface area contributed by atoms with Gasteiger partial charge in [-0.15, -0.1) is 0 Å². The summed E-state index contributed by atoms with van der Waals surface area (Å²) in [5, 5.41) is 4.63. The number of anilines is 1. The van der Waals surface area contributed by atoms with Gasteiger partial charge in [-0.25, -0.2) is 14.6 Å². The van der Waals surface area contributed by atoms with E-state index in [1.165, 1.54) is 0 Å². The topological polar surface area (TPSA) is 67.2 Å². The van der Waals surface area contributed by atoms with Gasteiger partial charge in [-0.2, -0.15) is 5.10 Å². The predicted octanol–water partition coefficient (Wildman–Crippen LogP) is 2.06. The lowest BCUT2D eigenvalue weighted by atomic mass is 9.92. The molecule has 7 nitrogen and oxygen atoms in total. The van der Waals surface area contributed by atoms with Gasteiger partial charge in [0, 0.05) is 56.1 Å². The van der Waals surface area contributed by atoms with Crippen molar-refractivity contribution in [3.8, 4) is 0 Å². The molecule has 7 heteroatoms. The van der Waals surface area contributed by atoms with Crippen molar-refractivity contribution in [1.82, 2.24) is 24.6 Å². The van der Waals surface area contributed by atoms with E-state index in [0.717, 1.165) is 37.2 Å². The highest BCUT2D eigenvalue weighted by atomic mass is 16.1. The molecule has 1 aliphatic rings. The summed E-state index contributed by atoms with van der Waals surface area (Å²) in [5.74, 6) is 0.714. The Morgan fingerprint density at radius 1 is 1.19 bits per heavy atom. The molecule has 0 saturated carbocycles. The van der Waals surface area contributed by atoms with E-state index in [4.69, 9.17) is 0 Å². The Balaban J connectivity index is 1.72. The molecule has 27 heavy (non-hydrogen) atoms. The lowest BCUT2D eigenvalue weighted by molar-refractivity contribution is 0.215. The third kappa shape index (κ3) is 4.71. The monoisotopic (exact) mass is 370 g/mol. The number of aromatic nitrogens is 4. The smallest absolute Gasteiger partial charge is 0.266 e. The first-order valence-corrected chi connectivity index (χ1v) is 9.55. The number of likely N-dealkylation sites (tertiary alicyclic amines) is 1. The van der Waals surface area contributed by atoms with E-state index < -0.39 is 0 Å². The Morgan fingerprint density at radius 3 is 2.52 bits per heavy atom. The fourth-order valence-corrected chi connectivity index (χ4v) is 3.38. The first kappa shape index (κ1) is 19.5. The number of hydrogen-bond acceptors (Lipinski definition) is 6. The highest BCUT2D eigenvalue weighted by molar-refractivity contribution is 5.26. The van der Waals surface area contributed by atoms with Crippen LogP contribution in [-0.4, -0.2) is 51.3 Å². The highest BCUT2D eigenvalue weighted by Gasteiger charge is 2.26. The summed E-state index contributed by atoms with van der Waals surface area (Å²) in [6, 6.07) is 3.79. The molecule has 3 heterocycles. The highest BCUT2D eigenvalue weighted by Crippen LogP contribution is 2.22. The minimum atomic E-state index is -0.0731. The average Bonchev–Trinajstić information content (AvgIpc) is 3.03. The maximum absolute atomic E-state index is 12.3. The molecular formula is C20H30N6O. The zero-order valence-electron chi connectivity index (χ0n) is 17.0. The van der Waals surface area contributed by atoms with Crippen molar-refractivity contribution in [3.05, 3.63) is 46.1 Å². The van der Waals surface area contributed by atoms with Gasteiger partial charge in [-0.3, -0.25) is 9.69 Å². The second-order valence-corrected chi connectivity index (χ2v) is 8.54. The molecule has 0 aromatic carbocycles. The number of rotatable bonds is 5. The van der Waals surface area contributed by atoms with Crippen molar-refractivity contribution in [2.75, 3.05) is 25.5 Å². The van der Waals surface area contributed by atoms with Gasteiger partial charge >= 0.3 is 0 Å². The molecule has 1 atom stereocenters. The van der Waals surface area contributed by atoms with Crippen LogP contribution in [0, 0.1) is 0 Å². The molecular weight excluding hydrogens is 340 g/mol. The summed E-state index contributed by atoms with van der Waals surface area (Å²) in [7, 11) is 3.86. The average molecular weight is 371 g/mol. The molecule has 0 bridgehead atoms. The van der Waals surface area contributed by atoms with Crippen LogP contribution in [0.2, 0.25) is 0 Å². The lowest BCUT2D eigenvalue weighted by Crippen LogP contribution is -2.37. The normalized spacial score (nSPS) is 18.0. The van der Waals surface area contributed by atoms with Crippen molar-refractivity contribution in [2.24, 2.45) is 0 Å². The molecule has 1 fully saturated rings. The van der Waals surface area contributed by atoms with Gasteiger partial charge in [0.15, 0.2) is 0 Å². The first-order valence-electron chi connectivity index (χ1n) is 9.55. The maximum atomic E-state index is 12.3.